The maximum Gasteiger partial charge on any atom is 0.306 e. The van der Waals surface area contributed by atoms with E-state index in [0.29, 0.717) is 19.3 Å². The normalized spacial score (nSPS) is 11.9. The molecule has 6 heteroatoms. The van der Waals surface area contributed by atoms with Crippen molar-refractivity contribution in [3.63, 3.8) is 0 Å². The topological polar surface area (TPSA) is 78.9 Å². The highest BCUT2D eigenvalue weighted by atomic mass is 16.6. The first-order valence-electron chi connectivity index (χ1n) is 22.4. The first kappa shape index (κ1) is 49.4. The molecule has 0 aliphatic heterocycles. The third-order valence-corrected chi connectivity index (χ3v) is 10.0. The summed E-state index contributed by atoms with van der Waals surface area (Å²) in [5.74, 6) is -0.104. The summed E-state index contributed by atoms with van der Waals surface area (Å²) in [5.41, 5.74) is 0. The molecule has 0 aromatic rings. The second-order valence-corrected chi connectivity index (χ2v) is 15.8. The van der Waals surface area contributed by atoms with E-state index in [-0.39, 0.29) is 31.1 Å². The summed E-state index contributed by atoms with van der Waals surface area (Å²) in [5, 5.41) is 0. The van der Waals surface area contributed by atoms with Crippen molar-refractivity contribution in [1.29, 1.82) is 0 Å². The largest absolute Gasteiger partial charge is 0.462 e. The summed E-state index contributed by atoms with van der Waals surface area (Å²) in [6.45, 7) is 8.88. The number of carbonyl (C=O) groups is 3. The number of hydrogen-bond donors (Lipinski definition) is 0. The quantitative estimate of drug-likeness (QED) is 0.0356. The van der Waals surface area contributed by atoms with Crippen LogP contribution in [0.1, 0.15) is 246 Å². The first-order chi connectivity index (χ1) is 24.9. The van der Waals surface area contributed by atoms with Crippen LogP contribution in [0.4, 0.5) is 0 Å². The summed E-state index contributed by atoms with van der Waals surface area (Å²) in [6.07, 6.45) is 38.3. The Hall–Kier alpha value is -1.59. The van der Waals surface area contributed by atoms with E-state index in [1.807, 2.05) is 0 Å². The average molecular weight is 723 g/mol. The van der Waals surface area contributed by atoms with Crippen LogP contribution in [-0.2, 0) is 28.6 Å². The van der Waals surface area contributed by atoms with Gasteiger partial charge in [-0.2, -0.15) is 0 Å². The lowest BCUT2D eigenvalue weighted by Gasteiger charge is -2.18. The Kier molecular flexibility index (Phi) is 38.4. The van der Waals surface area contributed by atoms with Crippen LogP contribution >= 0.6 is 0 Å². The molecule has 1 atom stereocenters. The fourth-order valence-electron chi connectivity index (χ4n) is 6.63. The molecule has 0 aromatic carbocycles. The minimum atomic E-state index is -0.758. The van der Waals surface area contributed by atoms with Gasteiger partial charge >= 0.3 is 17.9 Å². The lowest BCUT2D eigenvalue weighted by atomic mass is 10.0. The molecule has 302 valence electrons. The zero-order valence-electron chi connectivity index (χ0n) is 34.6. The van der Waals surface area contributed by atoms with Gasteiger partial charge in [-0.15, -0.1) is 0 Å². The summed E-state index contributed by atoms with van der Waals surface area (Å²) in [7, 11) is 0. The maximum absolute atomic E-state index is 12.6. The van der Waals surface area contributed by atoms with Gasteiger partial charge in [0, 0.05) is 19.3 Å². The van der Waals surface area contributed by atoms with E-state index < -0.39 is 6.10 Å². The molecule has 0 amide bonds. The van der Waals surface area contributed by atoms with Gasteiger partial charge in [0.1, 0.15) is 13.2 Å². The Morgan fingerprint density at radius 3 is 0.961 bits per heavy atom. The fraction of sp³-hybridized carbons (Fsp3) is 0.933. The zero-order chi connectivity index (χ0) is 37.5. The van der Waals surface area contributed by atoms with Crippen molar-refractivity contribution >= 4 is 17.9 Å². The lowest BCUT2D eigenvalue weighted by molar-refractivity contribution is -0.167. The SMILES string of the molecule is CCCCCCCCCCCCCCCCCCCC(=O)OC[C@H](COC(=O)CCCCCCCCC(C)C)OC(=O)CCCCCCCCC. The highest BCUT2D eigenvalue weighted by Gasteiger charge is 2.19. The lowest BCUT2D eigenvalue weighted by Crippen LogP contribution is -2.30. The van der Waals surface area contributed by atoms with Gasteiger partial charge < -0.3 is 14.2 Å². The van der Waals surface area contributed by atoms with Gasteiger partial charge in [0.25, 0.3) is 0 Å². The minimum Gasteiger partial charge on any atom is -0.462 e. The molecule has 51 heavy (non-hydrogen) atoms. The van der Waals surface area contributed by atoms with E-state index in [0.717, 1.165) is 63.7 Å². The molecule has 0 N–H and O–H groups in total. The number of ether oxygens (including phenoxy) is 3. The highest BCUT2D eigenvalue weighted by molar-refractivity contribution is 5.71. The van der Waals surface area contributed by atoms with Crippen molar-refractivity contribution in [3.05, 3.63) is 0 Å². The molecule has 0 saturated heterocycles. The van der Waals surface area contributed by atoms with Gasteiger partial charge in [0.05, 0.1) is 0 Å². The van der Waals surface area contributed by atoms with Crippen molar-refractivity contribution in [2.45, 2.75) is 252 Å². The Morgan fingerprint density at radius 1 is 0.373 bits per heavy atom. The average Bonchev–Trinajstić information content (AvgIpc) is 3.11. The van der Waals surface area contributed by atoms with Crippen LogP contribution in [0.25, 0.3) is 0 Å². The monoisotopic (exact) mass is 723 g/mol. The summed E-state index contributed by atoms with van der Waals surface area (Å²) >= 11 is 0. The number of esters is 3. The van der Waals surface area contributed by atoms with Gasteiger partial charge in [-0.05, 0) is 25.2 Å². The standard InChI is InChI=1S/C45H86O6/c1-5-7-9-11-13-14-15-16-17-18-19-20-21-22-24-28-32-36-43(46)49-39-42(51-45(48)38-34-30-23-12-10-8-6-2)40-50-44(47)37-33-29-26-25-27-31-35-41(3)4/h41-42H,5-40H2,1-4H3/t42-/m1/s1. The van der Waals surface area contributed by atoms with E-state index in [9.17, 15) is 14.4 Å². The molecule has 0 aromatic heterocycles. The molecule has 0 fully saturated rings. The van der Waals surface area contributed by atoms with Gasteiger partial charge in [-0.1, -0.05) is 207 Å². The molecule has 0 rings (SSSR count). The van der Waals surface area contributed by atoms with E-state index in [1.54, 1.807) is 0 Å². The molecule has 0 unspecified atom stereocenters. The number of rotatable bonds is 40. The van der Waals surface area contributed by atoms with E-state index in [2.05, 4.69) is 27.7 Å². The van der Waals surface area contributed by atoms with Gasteiger partial charge in [0.2, 0.25) is 0 Å². The van der Waals surface area contributed by atoms with Crippen molar-refractivity contribution < 1.29 is 28.6 Å². The maximum atomic E-state index is 12.6. The van der Waals surface area contributed by atoms with Crippen LogP contribution in [0.3, 0.4) is 0 Å². The first-order valence-corrected chi connectivity index (χ1v) is 22.4. The van der Waals surface area contributed by atoms with Crippen LogP contribution < -0.4 is 0 Å². The predicted molar refractivity (Wildman–Crippen MR) is 215 cm³/mol. The van der Waals surface area contributed by atoms with Crippen LogP contribution in [0.2, 0.25) is 0 Å². The van der Waals surface area contributed by atoms with Crippen molar-refractivity contribution in [2.75, 3.05) is 13.2 Å². The molecule has 0 saturated carbocycles. The van der Waals surface area contributed by atoms with Crippen LogP contribution in [0, 0.1) is 5.92 Å². The molecule has 0 spiro atoms. The molecule has 6 nitrogen and oxygen atoms in total. The van der Waals surface area contributed by atoms with Crippen molar-refractivity contribution in [3.8, 4) is 0 Å². The number of unbranched alkanes of at least 4 members (excludes halogenated alkanes) is 27. The van der Waals surface area contributed by atoms with Crippen LogP contribution in [0.5, 0.6) is 0 Å². The third kappa shape index (κ3) is 39.5. The van der Waals surface area contributed by atoms with Crippen LogP contribution in [-0.4, -0.2) is 37.2 Å². The predicted octanol–water partition coefficient (Wildman–Crippen LogP) is 13.9. The Bertz CT molecular complexity index is 766. The van der Waals surface area contributed by atoms with Gasteiger partial charge in [0.15, 0.2) is 6.10 Å². The molecular weight excluding hydrogens is 636 g/mol. The van der Waals surface area contributed by atoms with E-state index in [1.165, 1.54) is 141 Å². The second kappa shape index (κ2) is 39.6. The second-order valence-electron chi connectivity index (χ2n) is 15.8. The van der Waals surface area contributed by atoms with Crippen molar-refractivity contribution in [2.24, 2.45) is 5.92 Å². The zero-order valence-corrected chi connectivity index (χ0v) is 34.6. The Balaban J connectivity index is 4.17. The summed E-state index contributed by atoms with van der Waals surface area (Å²) in [6, 6.07) is 0. The molecule has 0 aliphatic rings. The van der Waals surface area contributed by atoms with Crippen molar-refractivity contribution in [1.82, 2.24) is 0 Å². The molecular formula is C45H86O6. The van der Waals surface area contributed by atoms with E-state index in [4.69, 9.17) is 14.2 Å². The molecule has 0 heterocycles. The molecule has 0 radical (unpaired) electrons. The summed E-state index contributed by atoms with van der Waals surface area (Å²) < 4.78 is 16.6. The number of carbonyl (C=O) groups excluding carboxylic acids is 3. The Morgan fingerprint density at radius 2 is 0.647 bits per heavy atom. The summed E-state index contributed by atoms with van der Waals surface area (Å²) in [4.78, 5) is 37.5. The third-order valence-electron chi connectivity index (χ3n) is 10.0. The van der Waals surface area contributed by atoms with E-state index >= 15 is 0 Å². The number of hydrogen-bond acceptors (Lipinski definition) is 6. The Labute approximate surface area is 317 Å². The van der Waals surface area contributed by atoms with Gasteiger partial charge in [-0.3, -0.25) is 14.4 Å². The fourth-order valence-corrected chi connectivity index (χ4v) is 6.63. The minimum absolute atomic E-state index is 0.0653. The highest BCUT2D eigenvalue weighted by Crippen LogP contribution is 2.16. The van der Waals surface area contributed by atoms with Crippen LogP contribution in [0.15, 0.2) is 0 Å². The molecule has 0 aliphatic carbocycles. The molecule has 0 bridgehead atoms. The smallest absolute Gasteiger partial charge is 0.306 e. The van der Waals surface area contributed by atoms with Gasteiger partial charge in [-0.25, -0.2) is 0 Å².